The second-order valence-electron chi connectivity index (χ2n) is 7.60. The third kappa shape index (κ3) is 15.9. The maximum Gasteiger partial charge on any atom is 0.150 e. The molecular formula is C27H39NO9. The highest BCUT2D eigenvalue weighted by Gasteiger charge is 1.99. The molecule has 2 N–H and O–H groups in total. The van der Waals surface area contributed by atoms with Gasteiger partial charge in [0, 0.05) is 5.56 Å². The molecule has 0 unspecified atom stereocenters. The molecule has 10 heteroatoms. The summed E-state index contributed by atoms with van der Waals surface area (Å²) in [7, 11) is 0. The number of benzene rings is 2. The van der Waals surface area contributed by atoms with E-state index < -0.39 is 0 Å². The van der Waals surface area contributed by atoms with E-state index in [4.69, 9.17) is 43.6 Å². The van der Waals surface area contributed by atoms with Crippen LogP contribution < -0.4 is 15.2 Å². The number of hydrogen-bond donors (Lipinski definition) is 1. The summed E-state index contributed by atoms with van der Waals surface area (Å²) in [6.07, 6.45) is 0.798. The predicted octanol–water partition coefficient (Wildman–Crippen LogP) is 2.64. The lowest BCUT2D eigenvalue weighted by Crippen LogP contribution is -2.15. The molecule has 10 nitrogen and oxygen atoms in total. The number of carbonyl (C=O) groups is 1. The first-order chi connectivity index (χ1) is 18.3. The fourth-order valence-corrected chi connectivity index (χ4v) is 2.89. The Morgan fingerprint density at radius 2 is 0.919 bits per heavy atom. The van der Waals surface area contributed by atoms with Gasteiger partial charge in [0.2, 0.25) is 0 Å². The molecule has 0 heterocycles. The summed E-state index contributed by atoms with van der Waals surface area (Å²) in [4.78, 5) is 10.6. The molecule has 0 fully saturated rings. The molecule has 2 rings (SSSR count). The third-order valence-corrected chi connectivity index (χ3v) is 4.78. The molecule has 0 bridgehead atoms. The molecule has 0 aromatic heterocycles. The van der Waals surface area contributed by atoms with Gasteiger partial charge in [-0.2, -0.15) is 0 Å². The number of ether oxygens (including phenoxy) is 8. The number of anilines is 1. The average Bonchev–Trinajstić information content (AvgIpc) is 2.92. The van der Waals surface area contributed by atoms with E-state index in [1.807, 2.05) is 18.2 Å². The van der Waals surface area contributed by atoms with Gasteiger partial charge in [-0.1, -0.05) is 12.1 Å². The fourth-order valence-electron chi connectivity index (χ4n) is 2.89. The molecule has 0 atom stereocenters. The van der Waals surface area contributed by atoms with Crippen molar-refractivity contribution in [2.45, 2.75) is 0 Å². The van der Waals surface area contributed by atoms with Crippen molar-refractivity contribution in [2.75, 3.05) is 98.2 Å². The second-order valence-corrected chi connectivity index (χ2v) is 7.60. The zero-order valence-corrected chi connectivity index (χ0v) is 21.3. The van der Waals surface area contributed by atoms with Crippen molar-refractivity contribution in [3.63, 3.8) is 0 Å². The first-order valence-corrected chi connectivity index (χ1v) is 12.4. The zero-order valence-electron chi connectivity index (χ0n) is 21.3. The molecule has 0 aliphatic rings. The van der Waals surface area contributed by atoms with Gasteiger partial charge in [0.05, 0.1) is 85.0 Å². The van der Waals surface area contributed by atoms with Crippen LogP contribution in [0.4, 0.5) is 5.69 Å². The van der Waals surface area contributed by atoms with Gasteiger partial charge in [-0.05, 0) is 36.4 Å². The van der Waals surface area contributed by atoms with Gasteiger partial charge in [-0.15, -0.1) is 0 Å². The molecule has 0 saturated carbocycles. The number of para-hydroxylation sites is 2. The predicted molar refractivity (Wildman–Crippen MR) is 139 cm³/mol. The minimum Gasteiger partial charge on any atom is -0.491 e. The van der Waals surface area contributed by atoms with Crippen molar-refractivity contribution in [2.24, 2.45) is 0 Å². The first kappa shape index (κ1) is 30.5. The number of aldehydes is 1. The molecule has 2 aromatic carbocycles. The van der Waals surface area contributed by atoms with Crippen LogP contribution >= 0.6 is 0 Å². The Balaban J connectivity index is 1.22. The monoisotopic (exact) mass is 521 g/mol. The highest BCUT2D eigenvalue weighted by atomic mass is 16.6. The Hall–Kier alpha value is -2.73. The van der Waals surface area contributed by atoms with E-state index in [0.717, 1.165) is 6.29 Å². The van der Waals surface area contributed by atoms with Crippen LogP contribution in [0.25, 0.3) is 0 Å². The molecule has 0 amide bonds. The van der Waals surface area contributed by atoms with Crippen LogP contribution in [0, 0.1) is 0 Å². The molecule has 206 valence electrons. The maximum atomic E-state index is 10.6. The minimum atomic E-state index is 0.434. The molecule has 0 spiro atoms. The maximum absolute atomic E-state index is 10.6. The quantitative estimate of drug-likeness (QED) is 0.126. The highest BCUT2D eigenvalue weighted by molar-refractivity contribution is 5.74. The van der Waals surface area contributed by atoms with Crippen LogP contribution in [-0.4, -0.2) is 98.8 Å². The van der Waals surface area contributed by atoms with Crippen molar-refractivity contribution in [3.8, 4) is 11.5 Å². The van der Waals surface area contributed by atoms with Gasteiger partial charge in [0.1, 0.15) is 31.0 Å². The third-order valence-electron chi connectivity index (χ3n) is 4.78. The van der Waals surface area contributed by atoms with E-state index in [-0.39, 0.29) is 0 Å². The summed E-state index contributed by atoms with van der Waals surface area (Å²) in [6.45, 7) is 6.76. The average molecular weight is 522 g/mol. The summed E-state index contributed by atoms with van der Waals surface area (Å²) in [6, 6.07) is 14.3. The standard InChI is InChI=1S/C27H39NO9/c28-26-3-1-2-4-27(26)37-22-20-35-18-16-33-14-12-31-10-9-30-11-13-32-15-17-34-19-21-36-25-7-5-24(23-29)6-8-25/h1-8,23H,9-22,28H2. The van der Waals surface area contributed by atoms with Crippen molar-refractivity contribution in [1.29, 1.82) is 0 Å². The molecule has 0 radical (unpaired) electrons. The molecule has 0 aliphatic heterocycles. The van der Waals surface area contributed by atoms with Crippen molar-refractivity contribution < 1.29 is 42.7 Å². The van der Waals surface area contributed by atoms with Gasteiger partial charge in [-0.25, -0.2) is 0 Å². The van der Waals surface area contributed by atoms with Gasteiger partial charge < -0.3 is 43.6 Å². The van der Waals surface area contributed by atoms with Crippen LogP contribution in [0.2, 0.25) is 0 Å². The molecule has 37 heavy (non-hydrogen) atoms. The van der Waals surface area contributed by atoms with Gasteiger partial charge in [0.15, 0.2) is 0 Å². The normalized spacial score (nSPS) is 10.9. The first-order valence-electron chi connectivity index (χ1n) is 12.4. The van der Waals surface area contributed by atoms with E-state index in [9.17, 15) is 4.79 Å². The van der Waals surface area contributed by atoms with Crippen molar-refractivity contribution in [1.82, 2.24) is 0 Å². The van der Waals surface area contributed by atoms with Crippen LogP contribution in [-0.2, 0) is 28.4 Å². The second kappa shape index (κ2) is 21.4. The van der Waals surface area contributed by atoms with Crippen LogP contribution in [0.1, 0.15) is 10.4 Å². The summed E-state index contributed by atoms with van der Waals surface area (Å²) in [5.74, 6) is 1.37. The smallest absolute Gasteiger partial charge is 0.150 e. The topological polar surface area (TPSA) is 117 Å². The fraction of sp³-hybridized carbons (Fsp3) is 0.519. The van der Waals surface area contributed by atoms with Crippen molar-refractivity contribution >= 4 is 12.0 Å². The summed E-state index contributed by atoms with van der Waals surface area (Å²) >= 11 is 0. The van der Waals surface area contributed by atoms with Gasteiger partial charge in [-0.3, -0.25) is 4.79 Å². The summed E-state index contributed by atoms with van der Waals surface area (Å²) in [5.41, 5.74) is 7.04. The van der Waals surface area contributed by atoms with Crippen LogP contribution in [0.5, 0.6) is 11.5 Å². The van der Waals surface area contributed by atoms with Gasteiger partial charge >= 0.3 is 0 Å². The lowest BCUT2D eigenvalue weighted by atomic mass is 10.2. The van der Waals surface area contributed by atoms with E-state index in [0.29, 0.717) is 115 Å². The van der Waals surface area contributed by atoms with E-state index in [1.54, 1.807) is 30.3 Å². The number of nitrogen functional groups attached to an aromatic ring is 1. The van der Waals surface area contributed by atoms with E-state index in [1.165, 1.54) is 0 Å². The minimum absolute atomic E-state index is 0.434. The Labute approximate surface area is 218 Å². The number of nitrogens with two attached hydrogens (primary N) is 1. The summed E-state index contributed by atoms with van der Waals surface area (Å²) in [5, 5.41) is 0. The zero-order chi connectivity index (χ0) is 26.2. The molecule has 2 aromatic rings. The Morgan fingerprint density at radius 1 is 0.514 bits per heavy atom. The number of carbonyl (C=O) groups excluding carboxylic acids is 1. The van der Waals surface area contributed by atoms with Crippen LogP contribution in [0.3, 0.4) is 0 Å². The largest absolute Gasteiger partial charge is 0.491 e. The van der Waals surface area contributed by atoms with Crippen LogP contribution in [0.15, 0.2) is 48.5 Å². The number of rotatable bonds is 24. The summed E-state index contributed by atoms with van der Waals surface area (Å²) < 4.78 is 43.8. The van der Waals surface area contributed by atoms with Crippen molar-refractivity contribution in [3.05, 3.63) is 54.1 Å². The Bertz CT molecular complexity index is 820. The molecular weight excluding hydrogens is 482 g/mol. The molecule has 0 saturated heterocycles. The SMILES string of the molecule is Nc1ccccc1OCCOCCOCCOCCOCCOCCOCCOc1ccc(C=O)cc1. The van der Waals surface area contributed by atoms with E-state index >= 15 is 0 Å². The van der Waals surface area contributed by atoms with E-state index in [2.05, 4.69) is 0 Å². The molecule has 0 aliphatic carbocycles. The number of hydrogen-bond acceptors (Lipinski definition) is 10. The Morgan fingerprint density at radius 3 is 1.35 bits per heavy atom. The lowest BCUT2D eigenvalue weighted by molar-refractivity contribution is -0.0187. The highest BCUT2D eigenvalue weighted by Crippen LogP contribution is 2.19. The Kier molecular flexibility index (Phi) is 17.6. The lowest BCUT2D eigenvalue weighted by Gasteiger charge is -2.10. The van der Waals surface area contributed by atoms with Gasteiger partial charge in [0.25, 0.3) is 0 Å².